The quantitative estimate of drug-likeness (QED) is 0.0318. The van der Waals surface area contributed by atoms with Crippen molar-refractivity contribution < 1.29 is 217 Å². The fourth-order valence-corrected chi connectivity index (χ4v) is 14.0. The van der Waals surface area contributed by atoms with Crippen molar-refractivity contribution in [3.8, 4) is 0 Å². The van der Waals surface area contributed by atoms with E-state index >= 15 is 0 Å². The van der Waals surface area contributed by atoms with E-state index in [1.807, 2.05) is 0 Å². The zero-order valence-electron chi connectivity index (χ0n) is 59.3. The van der Waals surface area contributed by atoms with Crippen molar-refractivity contribution in [1.29, 1.82) is 0 Å². The van der Waals surface area contributed by atoms with Crippen LogP contribution in [0.3, 0.4) is 0 Å². The molecule has 634 valence electrons. The van der Waals surface area contributed by atoms with Crippen LogP contribution in [-0.4, -0.2) is 457 Å². The van der Waals surface area contributed by atoms with Gasteiger partial charge in [-0.3, -0.25) is 24.0 Å². The summed E-state index contributed by atoms with van der Waals surface area (Å²) in [5.74, 6) is -10.8. The number of aliphatic hydroxyl groups excluding tert-OH is 22. The number of carbonyl (C=O) groups excluding carboxylic acids is 5. The van der Waals surface area contributed by atoms with Crippen LogP contribution in [-0.2, 0) is 99.8 Å². The number of aliphatic hydroxyl groups is 22. The monoisotopic (exact) mass is 1610 g/mol. The minimum atomic E-state index is -3.57. The van der Waals surface area contributed by atoms with Gasteiger partial charge in [-0.25, -0.2) is 4.79 Å². The van der Waals surface area contributed by atoms with Gasteiger partial charge >= 0.3 is 5.97 Å². The largest absolute Gasteiger partial charge is 0.477 e. The summed E-state index contributed by atoms with van der Waals surface area (Å²) in [4.78, 5) is 77.7. The van der Waals surface area contributed by atoms with Gasteiger partial charge < -0.3 is 215 Å². The van der Waals surface area contributed by atoms with Crippen LogP contribution in [0.1, 0.15) is 41.0 Å². The highest BCUT2D eigenvalue weighted by molar-refractivity contribution is 5.78. The van der Waals surface area contributed by atoms with Gasteiger partial charge in [-0.15, -0.1) is 0 Å². The first-order valence-electron chi connectivity index (χ1n) is 34.8. The number of carboxylic acids is 1. The van der Waals surface area contributed by atoms with Gasteiger partial charge in [-0.1, -0.05) is 0 Å². The second kappa shape index (κ2) is 39.3. The summed E-state index contributed by atoms with van der Waals surface area (Å²) in [5, 5.41) is 266. The Morgan fingerprint density at radius 3 is 1.33 bits per heavy atom. The minimum Gasteiger partial charge on any atom is -0.477 e. The van der Waals surface area contributed by atoms with Crippen molar-refractivity contribution in [2.24, 2.45) is 0 Å². The Labute approximate surface area is 622 Å². The molecule has 8 fully saturated rings. The second-order valence-corrected chi connectivity index (χ2v) is 27.5. The molecule has 8 rings (SSSR count). The van der Waals surface area contributed by atoms with Crippen LogP contribution in [0, 0.1) is 0 Å². The molecule has 110 heavy (non-hydrogen) atoms. The van der Waals surface area contributed by atoms with Crippen LogP contribution in [0.15, 0.2) is 0 Å². The number of carboxylic acid groups (broad SMARTS) is 1. The van der Waals surface area contributed by atoms with Gasteiger partial charge in [0.1, 0.15) is 189 Å². The van der Waals surface area contributed by atoms with Crippen molar-refractivity contribution in [3.05, 3.63) is 0 Å². The maximum Gasteiger partial charge on any atom is 0.364 e. The van der Waals surface area contributed by atoms with E-state index in [9.17, 15) is 146 Å². The van der Waals surface area contributed by atoms with E-state index in [-0.39, 0.29) is 0 Å². The fraction of sp³-hybridized carbons (Fsp3) is 0.902. The van der Waals surface area contributed by atoms with E-state index < -0.39 is 346 Å². The maximum absolute atomic E-state index is 13.9. The molecule has 49 nitrogen and oxygen atoms in total. The highest BCUT2D eigenvalue weighted by Gasteiger charge is 2.64. The number of hydrogen-bond donors (Lipinski definition) is 28. The third kappa shape index (κ3) is 20.2. The first-order valence-corrected chi connectivity index (χ1v) is 34.8. The molecule has 5 amide bonds. The van der Waals surface area contributed by atoms with E-state index in [2.05, 4.69) is 26.6 Å². The van der Waals surface area contributed by atoms with Crippen LogP contribution in [0.25, 0.3) is 0 Å². The Bertz CT molecular complexity index is 3000. The van der Waals surface area contributed by atoms with Crippen LogP contribution in [0.5, 0.6) is 0 Å². The Hall–Kier alpha value is -4.66. The molecule has 0 aromatic rings. The zero-order chi connectivity index (χ0) is 81.6. The predicted molar refractivity (Wildman–Crippen MR) is 340 cm³/mol. The zero-order valence-corrected chi connectivity index (χ0v) is 59.3. The Balaban J connectivity index is 1.15. The summed E-state index contributed by atoms with van der Waals surface area (Å²) < 4.78 is 89.6. The van der Waals surface area contributed by atoms with Crippen molar-refractivity contribution in [3.63, 3.8) is 0 Å². The highest BCUT2D eigenvalue weighted by Crippen LogP contribution is 2.42. The number of hydrogen-bond acceptors (Lipinski definition) is 43. The average Bonchev–Trinajstić information content (AvgIpc) is 0.746. The molecule has 0 bridgehead atoms. The first kappa shape index (κ1) is 90.9. The normalized spacial score (nSPS) is 45.8. The SMILES string of the molecule is CC(=O)N[C@@H]1[C@@H](O[C@@H]2O[C@H](CO)[C@H](O[C@@H]3O[C@H](CO)[C@H](O[C@H]4O[C@H](CO)[C@@H](O)[C@H](O)[C@H]4NC(C)=O)[C@H](O)[C@H]3O)[C@H](O[C@]3(C(=O)O)C[C@H](O)[C@@H](NC(=O)CO)[C@H]([C@H](O)[C@H](O)CO)O3)[C@H]2O)[C@@H](O)[C@@H](CO[C@@H]2O[C@H](CO)[C@@H](O[C@@H]3O[C@@H](C)[C@@H](O)[C@@H](O)[C@@H]3O)[C@H](O[C@@H]3O[C@H](CO)[C@@H](O)[C@H](O)[C@H]3NC(C)=O)[C@H]2NC(C)=O)O[C@@H]1O. The molecule has 8 heterocycles. The number of amides is 5. The number of ether oxygens (including phenoxy) is 15. The van der Waals surface area contributed by atoms with Crippen molar-refractivity contribution >= 4 is 35.5 Å². The molecule has 0 saturated carbocycles. The predicted octanol–water partition coefficient (Wildman–Crippen LogP) is -18.5. The van der Waals surface area contributed by atoms with Gasteiger partial charge in [0, 0.05) is 34.1 Å². The standard InChI is InChI=1S/C61H101N5O44/c1-15-34(81)41(88)43(90)57(97-15)105-47-25(11-71)101-54(33(65-19(5)77)51(47)108-56-31(63-17(3)75)40(87)37(84)23(9-69)100-56)96-14-27-38(85)49(32(53(93)98-27)64-18(4)76)107-59-45(92)52(110-61(60(94)95)6-20(78)29(66-28(80)13-73)50(109-61)35(82)21(79)7-67)48(26(12-72)103-59)106-58-44(91)42(89)46(24(10-70)102-58)104-55-30(62-16(2)74)39(86)36(83)22(8-68)99-55/h15,20-27,29-59,67-73,78-79,81-93H,6-14H2,1-5H3,(H,62,74)(H,63,75)(H,64,76)(H,65,77)(H,66,80)(H,94,95)/t15-,20-,21+,22+,23+,24+,25+,26+,27+,29+,30+,31+,32+,33+,34+,35+,36+,37+,38-,39+,40+,41+,42+,43-,44+,45+,46-,47+,48-,49+,50+,51+,52+,53-,54+,55+,56-,57-,58-,59-,61-/m0/s1. The van der Waals surface area contributed by atoms with Crippen LogP contribution < -0.4 is 26.6 Å². The van der Waals surface area contributed by atoms with Gasteiger partial charge in [-0.05, 0) is 6.92 Å². The molecule has 0 spiro atoms. The van der Waals surface area contributed by atoms with Crippen LogP contribution in [0.4, 0.5) is 0 Å². The van der Waals surface area contributed by atoms with Gasteiger partial charge in [0.2, 0.25) is 29.5 Å². The molecule has 0 aromatic heterocycles. The summed E-state index contributed by atoms with van der Waals surface area (Å²) in [6, 6.07) is -9.38. The maximum atomic E-state index is 13.9. The summed E-state index contributed by atoms with van der Waals surface area (Å²) in [5.41, 5.74) is 0. The summed E-state index contributed by atoms with van der Waals surface area (Å²) in [6.45, 7) is -4.33. The molecule has 8 saturated heterocycles. The molecule has 49 heteroatoms. The lowest BCUT2D eigenvalue weighted by Crippen LogP contribution is -2.72. The van der Waals surface area contributed by atoms with Crippen molar-refractivity contribution in [2.45, 2.75) is 292 Å². The fourth-order valence-electron chi connectivity index (χ4n) is 14.0. The van der Waals surface area contributed by atoms with E-state index in [4.69, 9.17) is 71.1 Å². The molecule has 8 aliphatic rings. The molecule has 0 aliphatic carbocycles. The Morgan fingerprint density at radius 1 is 0.409 bits per heavy atom. The van der Waals surface area contributed by atoms with Gasteiger partial charge in [0.05, 0.1) is 64.5 Å². The molecule has 28 N–H and O–H groups in total. The molecule has 41 atom stereocenters. The number of rotatable bonds is 30. The van der Waals surface area contributed by atoms with E-state index in [1.165, 1.54) is 6.92 Å². The number of aliphatic carboxylic acids is 1. The number of nitrogens with one attached hydrogen (secondary N) is 5. The molecule has 8 aliphatic heterocycles. The van der Waals surface area contributed by atoms with E-state index in [0.717, 1.165) is 27.7 Å². The lowest BCUT2D eigenvalue weighted by molar-refractivity contribution is -0.405. The van der Waals surface area contributed by atoms with Crippen molar-refractivity contribution in [2.75, 3.05) is 52.9 Å². The minimum absolute atomic E-state index is 0.833. The van der Waals surface area contributed by atoms with Crippen molar-refractivity contribution in [1.82, 2.24) is 26.6 Å². The van der Waals surface area contributed by atoms with Gasteiger partial charge in [0.15, 0.2) is 44.0 Å². The average molecular weight is 1610 g/mol. The molecule has 0 radical (unpaired) electrons. The summed E-state index contributed by atoms with van der Waals surface area (Å²) in [6.07, 6.45) is -75.7. The van der Waals surface area contributed by atoms with Gasteiger partial charge in [-0.2, -0.15) is 0 Å². The van der Waals surface area contributed by atoms with Crippen LogP contribution in [0.2, 0.25) is 0 Å². The highest BCUT2D eigenvalue weighted by atomic mass is 16.8. The third-order valence-corrected chi connectivity index (χ3v) is 19.7. The van der Waals surface area contributed by atoms with E-state index in [0.29, 0.717) is 0 Å². The lowest BCUT2D eigenvalue weighted by atomic mass is 9.88. The Kier molecular flexibility index (Phi) is 32.5. The topological polar surface area (TPSA) is 766 Å². The van der Waals surface area contributed by atoms with Crippen LogP contribution >= 0.6 is 0 Å². The molecule has 0 aromatic carbocycles. The third-order valence-electron chi connectivity index (χ3n) is 19.7. The number of carbonyl (C=O) groups is 6. The van der Waals surface area contributed by atoms with E-state index in [1.54, 1.807) is 0 Å². The Morgan fingerprint density at radius 2 is 0.836 bits per heavy atom. The summed E-state index contributed by atoms with van der Waals surface area (Å²) >= 11 is 0. The molecule has 0 unspecified atom stereocenters. The summed E-state index contributed by atoms with van der Waals surface area (Å²) in [7, 11) is 0. The molecular weight excluding hydrogens is 1510 g/mol. The lowest BCUT2D eigenvalue weighted by Gasteiger charge is -2.52. The smallest absolute Gasteiger partial charge is 0.364 e. The second-order valence-electron chi connectivity index (χ2n) is 27.5. The first-order chi connectivity index (χ1) is 51.8. The van der Waals surface area contributed by atoms with Gasteiger partial charge in [0.25, 0.3) is 5.79 Å². The molecular formula is C61H101N5O44.